The predicted molar refractivity (Wildman–Crippen MR) is 103 cm³/mol. The van der Waals surface area contributed by atoms with Gasteiger partial charge in [0, 0.05) is 5.69 Å². The average molecular weight is 369 g/mol. The van der Waals surface area contributed by atoms with Gasteiger partial charge in [0.05, 0.1) is 10.4 Å². The molecular weight excluding hydrogens is 346 g/mol. The maximum Gasteiger partial charge on any atom is 0.280 e. The standard InChI is InChI=1S/C20H23N3O2S/c1-2-14-9-11-20(12-10-14)21-16-7-4-3-6-15(16)19(25)23(20)22-18(24)17-8-5-13-26-17/h3-8,13-14,21H,2,9-12H2,1H3,(H,22,24). The molecule has 1 aromatic carbocycles. The van der Waals surface area contributed by atoms with Crippen molar-refractivity contribution in [3.05, 3.63) is 52.2 Å². The van der Waals surface area contributed by atoms with Crippen LogP contribution >= 0.6 is 11.3 Å². The predicted octanol–water partition coefficient (Wildman–Crippen LogP) is 4.26. The molecule has 136 valence electrons. The van der Waals surface area contributed by atoms with E-state index in [0.29, 0.717) is 16.4 Å². The largest absolute Gasteiger partial charge is 0.361 e. The minimum absolute atomic E-state index is 0.140. The number of nitrogens with one attached hydrogen (secondary N) is 2. The van der Waals surface area contributed by atoms with E-state index in [1.54, 1.807) is 17.1 Å². The number of rotatable bonds is 3. The number of thiophene rings is 1. The Balaban J connectivity index is 1.67. The average Bonchev–Trinajstić information content (AvgIpc) is 3.21. The molecule has 2 amide bonds. The fourth-order valence-electron chi connectivity index (χ4n) is 4.03. The lowest BCUT2D eigenvalue weighted by molar-refractivity contribution is 0.0105. The highest BCUT2D eigenvalue weighted by molar-refractivity contribution is 7.12. The highest BCUT2D eigenvalue weighted by Gasteiger charge is 2.47. The zero-order valence-electron chi connectivity index (χ0n) is 14.8. The van der Waals surface area contributed by atoms with Gasteiger partial charge in [0.15, 0.2) is 0 Å². The Labute approximate surface area is 157 Å². The molecule has 2 aromatic rings. The molecule has 0 atom stereocenters. The first kappa shape index (κ1) is 17.1. The van der Waals surface area contributed by atoms with E-state index in [1.165, 1.54) is 11.3 Å². The zero-order chi connectivity index (χ0) is 18.1. The van der Waals surface area contributed by atoms with Crippen LogP contribution in [-0.2, 0) is 0 Å². The third-order valence-corrected chi connectivity index (χ3v) is 6.49. The van der Waals surface area contributed by atoms with Crippen molar-refractivity contribution in [2.45, 2.75) is 44.7 Å². The van der Waals surface area contributed by atoms with Gasteiger partial charge in [0.2, 0.25) is 0 Å². The lowest BCUT2D eigenvalue weighted by atomic mass is 9.79. The summed E-state index contributed by atoms with van der Waals surface area (Å²) in [6.45, 7) is 2.22. The van der Waals surface area contributed by atoms with Crippen LogP contribution in [0.15, 0.2) is 41.8 Å². The third-order valence-electron chi connectivity index (χ3n) is 5.62. The number of anilines is 1. The SMILES string of the molecule is CCC1CCC2(CC1)Nc1ccccc1C(=O)N2NC(=O)c1cccs1. The molecule has 1 spiro atoms. The maximum absolute atomic E-state index is 13.2. The Morgan fingerprint density at radius 2 is 2.04 bits per heavy atom. The van der Waals surface area contributed by atoms with E-state index in [9.17, 15) is 9.59 Å². The van der Waals surface area contributed by atoms with Crippen molar-refractivity contribution in [2.75, 3.05) is 5.32 Å². The zero-order valence-corrected chi connectivity index (χ0v) is 15.6. The highest BCUT2D eigenvalue weighted by atomic mass is 32.1. The molecule has 1 aliphatic heterocycles. The lowest BCUT2D eigenvalue weighted by Crippen LogP contribution is -2.66. The number of hydrazine groups is 1. The van der Waals surface area contributed by atoms with E-state index in [0.717, 1.165) is 37.8 Å². The normalized spacial score (nSPS) is 24.9. The van der Waals surface area contributed by atoms with Crippen LogP contribution in [0.3, 0.4) is 0 Å². The first-order valence-electron chi connectivity index (χ1n) is 9.19. The molecule has 6 heteroatoms. The molecule has 2 heterocycles. The molecule has 2 N–H and O–H groups in total. The van der Waals surface area contributed by atoms with Crippen LogP contribution < -0.4 is 10.7 Å². The van der Waals surface area contributed by atoms with Gasteiger partial charge in [-0.1, -0.05) is 31.5 Å². The number of amides is 2. The second-order valence-electron chi connectivity index (χ2n) is 7.11. The van der Waals surface area contributed by atoms with Crippen LogP contribution in [0.2, 0.25) is 0 Å². The monoisotopic (exact) mass is 369 g/mol. The van der Waals surface area contributed by atoms with E-state index < -0.39 is 5.66 Å². The van der Waals surface area contributed by atoms with Crippen molar-refractivity contribution in [2.24, 2.45) is 5.92 Å². The first-order chi connectivity index (χ1) is 12.6. The molecule has 1 aliphatic carbocycles. The number of para-hydroxylation sites is 1. The van der Waals surface area contributed by atoms with Gasteiger partial charge in [-0.2, -0.15) is 0 Å². The molecule has 2 aliphatic rings. The summed E-state index contributed by atoms with van der Waals surface area (Å²) in [4.78, 5) is 26.5. The van der Waals surface area contributed by atoms with Gasteiger partial charge < -0.3 is 5.32 Å². The minimum Gasteiger partial charge on any atom is -0.361 e. The van der Waals surface area contributed by atoms with E-state index in [-0.39, 0.29) is 11.8 Å². The summed E-state index contributed by atoms with van der Waals surface area (Å²) in [6, 6.07) is 11.1. The topological polar surface area (TPSA) is 61.4 Å². The smallest absolute Gasteiger partial charge is 0.280 e. The summed E-state index contributed by atoms with van der Waals surface area (Å²) >= 11 is 1.38. The summed E-state index contributed by atoms with van der Waals surface area (Å²) in [5.74, 6) is 0.315. The van der Waals surface area contributed by atoms with Crippen molar-refractivity contribution in [3.8, 4) is 0 Å². The molecule has 0 unspecified atom stereocenters. The second kappa shape index (κ2) is 6.76. The van der Waals surface area contributed by atoms with E-state index in [4.69, 9.17) is 0 Å². The number of fused-ring (bicyclic) bond motifs is 1. The van der Waals surface area contributed by atoms with Crippen LogP contribution in [0.4, 0.5) is 5.69 Å². The number of carbonyl (C=O) groups excluding carboxylic acids is 2. The number of hydrogen-bond donors (Lipinski definition) is 2. The van der Waals surface area contributed by atoms with E-state index >= 15 is 0 Å². The Bertz CT molecular complexity index is 810. The molecule has 0 radical (unpaired) electrons. The van der Waals surface area contributed by atoms with Crippen molar-refractivity contribution in [1.29, 1.82) is 0 Å². The van der Waals surface area contributed by atoms with Crippen molar-refractivity contribution in [1.82, 2.24) is 10.4 Å². The van der Waals surface area contributed by atoms with Crippen LogP contribution in [-0.4, -0.2) is 22.5 Å². The van der Waals surface area contributed by atoms with Crippen LogP contribution in [0.25, 0.3) is 0 Å². The molecule has 0 saturated heterocycles. The van der Waals surface area contributed by atoms with Crippen LogP contribution in [0, 0.1) is 5.92 Å². The quantitative estimate of drug-likeness (QED) is 0.850. The summed E-state index contributed by atoms with van der Waals surface area (Å²) in [7, 11) is 0. The third kappa shape index (κ3) is 2.88. The molecule has 1 aromatic heterocycles. The number of benzene rings is 1. The van der Waals surface area contributed by atoms with Crippen molar-refractivity contribution in [3.63, 3.8) is 0 Å². The number of nitrogens with zero attached hydrogens (tertiary/aromatic N) is 1. The van der Waals surface area contributed by atoms with E-state index in [1.807, 2.05) is 29.6 Å². The van der Waals surface area contributed by atoms with Crippen molar-refractivity contribution < 1.29 is 9.59 Å². The van der Waals surface area contributed by atoms with Gasteiger partial charge in [-0.15, -0.1) is 11.3 Å². The van der Waals surface area contributed by atoms with Gasteiger partial charge in [0.25, 0.3) is 11.8 Å². The first-order valence-corrected chi connectivity index (χ1v) is 10.1. The Morgan fingerprint density at radius 3 is 2.73 bits per heavy atom. The second-order valence-corrected chi connectivity index (χ2v) is 8.06. The summed E-state index contributed by atoms with van der Waals surface area (Å²) in [5.41, 5.74) is 3.80. The maximum atomic E-state index is 13.2. The van der Waals surface area contributed by atoms with Gasteiger partial charge in [-0.05, 0) is 55.2 Å². The summed E-state index contributed by atoms with van der Waals surface area (Å²) < 4.78 is 0. The van der Waals surface area contributed by atoms with E-state index in [2.05, 4.69) is 17.7 Å². The Kier molecular flexibility index (Phi) is 4.44. The summed E-state index contributed by atoms with van der Waals surface area (Å²) in [5, 5.41) is 7.00. The minimum atomic E-state index is -0.552. The molecule has 5 nitrogen and oxygen atoms in total. The number of carbonyl (C=O) groups is 2. The Hall–Kier alpha value is -2.34. The fraction of sp³-hybridized carbons (Fsp3) is 0.400. The fourth-order valence-corrected chi connectivity index (χ4v) is 4.65. The highest BCUT2D eigenvalue weighted by Crippen LogP contribution is 2.42. The molecule has 1 saturated carbocycles. The molecule has 4 rings (SSSR count). The molecule has 26 heavy (non-hydrogen) atoms. The van der Waals surface area contributed by atoms with Gasteiger partial charge in [-0.25, -0.2) is 5.01 Å². The molecule has 1 fully saturated rings. The van der Waals surface area contributed by atoms with Crippen molar-refractivity contribution >= 4 is 28.8 Å². The van der Waals surface area contributed by atoms with Crippen LogP contribution in [0.5, 0.6) is 0 Å². The summed E-state index contributed by atoms with van der Waals surface area (Å²) in [6.07, 6.45) is 4.91. The van der Waals surface area contributed by atoms with Gasteiger partial charge in [0.1, 0.15) is 5.66 Å². The van der Waals surface area contributed by atoms with Crippen LogP contribution in [0.1, 0.15) is 59.1 Å². The van der Waals surface area contributed by atoms with Gasteiger partial charge in [-0.3, -0.25) is 15.0 Å². The lowest BCUT2D eigenvalue weighted by Gasteiger charge is -2.51. The van der Waals surface area contributed by atoms with Gasteiger partial charge >= 0.3 is 0 Å². The number of hydrogen-bond acceptors (Lipinski definition) is 4. The Morgan fingerprint density at radius 1 is 1.27 bits per heavy atom. The molecular formula is C20H23N3O2S. The molecule has 0 bridgehead atoms.